The SMILES string of the molecule is c1cc(CCNCCN2CCCCC2)cs1. The molecule has 3 heteroatoms. The van der Waals surface area contributed by atoms with E-state index in [-0.39, 0.29) is 0 Å². The molecule has 0 amide bonds. The molecule has 2 heterocycles. The van der Waals surface area contributed by atoms with Gasteiger partial charge in [0, 0.05) is 13.1 Å². The van der Waals surface area contributed by atoms with Crippen molar-refractivity contribution < 1.29 is 0 Å². The zero-order chi connectivity index (χ0) is 11.1. The molecule has 0 bridgehead atoms. The summed E-state index contributed by atoms with van der Waals surface area (Å²) in [5.74, 6) is 0. The van der Waals surface area contributed by atoms with Crippen molar-refractivity contribution in [2.45, 2.75) is 25.7 Å². The quantitative estimate of drug-likeness (QED) is 0.765. The Labute approximate surface area is 103 Å². The lowest BCUT2D eigenvalue weighted by Crippen LogP contribution is -2.36. The molecule has 0 saturated carbocycles. The van der Waals surface area contributed by atoms with E-state index in [4.69, 9.17) is 0 Å². The molecule has 2 nitrogen and oxygen atoms in total. The van der Waals surface area contributed by atoms with Crippen LogP contribution in [0.3, 0.4) is 0 Å². The first-order valence-electron chi connectivity index (χ1n) is 6.39. The number of hydrogen-bond donors (Lipinski definition) is 1. The van der Waals surface area contributed by atoms with Crippen LogP contribution in [0.1, 0.15) is 24.8 Å². The number of thiophene rings is 1. The van der Waals surface area contributed by atoms with Crippen LogP contribution in [0.15, 0.2) is 16.8 Å². The van der Waals surface area contributed by atoms with Gasteiger partial charge in [-0.1, -0.05) is 6.42 Å². The molecule has 2 rings (SSSR count). The Morgan fingerprint density at radius 1 is 1.19 bits per heavy atom. The highest BCUT2D eigenvalue weighted by Crippen LogP contribution is 2.07. The normalized spacial score (nSPS) is 17.8. The Kier molecular flexibility index (Phi) is 5.32. The van der Waals surface area contributed by atoms with Gasteiger partial charge in [-0.05, 0) is 61.3 Å². The highest BCUT2D eigenvalue weighted by atomic mass is 32.1. The maximum Gasteiger partial charge on any atom is 0.0107 e. The maximum absolute atomic E-state index is 3.53. The van der Waals surface area contributed by atoms with Crippen LogP contribution in [-0.2, 0) is 6.42 Å². The molecular weight excluding hydrogens is 216 g/mol. The third-order valence-corrected chi connectivity index (χ3v) is 3.96. The molecule has 1 aromatic heterocycles. The lowest BCUT2D eigenvalue weighted by Gasteiger charge is -2.26. The van der Waals surface area contributed by atoms with E-state index in [1.165, 1.54) is 50.9 Å². The number of likely N-dealkylation sites (tertiary alicyclic amines) is 1. The van der Waals surface area contributed by atoms with Gasteiger partial charge in [-0.2, -0.15) is 11.3 Å². The van der Waals surface area contributed by atoms with Crippen molar-refractivity contribution >= 4 is 11.3 Å². The topological polar surface area (TPSA) is 15.3 Å². The van der Waals surface area contributed by atoms with E-state index in [1.807, 2.05) is 0 Å². The largest absolute Gasteiger partial charge is 0.315 e. The first-order valence-corrected chi connectivity index (χ1v) is 7.33. The molecule has 0 radical (unpaired) electrons. The Bertz CT molecular complexity index is 265. The summed E-state index contributed by atoms with van der Waals surface area (Å²) in [4.78, 5) is 2.58. The van der Waals surface area contributed by atoms with Gasteiger partial charge in [0.2, 0.25) is 0 Å². The minimum absolute atomic E-state index is 1.12. The Balaban J connectivity index is 1.48. The highest BCUT2D eigenvalue weighted by Gasteiger charge is 2.08. The molecule has 0 unspecified atom stereocenters. The summed E-state index contributed by atoms with van der Waals surface area (Å²) in [6.45, 7) is 6.11. The smallest absolute Gasteiger partial charge is 0.0107 e. The summed E-state index contributed by atoms with van der Waals surface area (Å²) >= 11 is 1.79. The molecule has 0 atom stereocenters. The van der Waals surface area contributed by atoms with Crippen LogP contribution in [0.25, 0.3) is 0 Å². The van der Waals surface area contributed by atoms with Crippen molar-refractivity contribution in [3.8, 4) is 0 Å². The summed E-state index contributed by atoms with van der Waals surface area (Å²) in [6, 6.07) is 2.22. The Morgan fingerprint density at radius 2 is 2.06 bits per heavy atom. The van der Waals surface area contributed by atoms with Gasteiger partial charge in [-0.25, -0.2) is 0 Å². The molecule has 0 aromatic carbocycles. The first kappa shape index (κ1) is 12.1. The second-order valence-corrected chi connectivity index (χ2v) is 5.31. The number of hydrogen-bond acceptors (Lipinski definition) is 3. The molecular formula is C13H22N2S. The van der Waals surface area contributed by atoms with Gasteiger partial charge in [-0.3, -0.25) is 0 Å². The molecule has 16 heavy (non-hydrogen) atoms. The molecule has 1 saturated heterocycles. The molecule has 1 fully saturated rings. The fraction of sp³-hybridized carbons (Fsp3) is 0.692. The molecule has 90 valence electrons. The van der Waals surface area contributed by atoms with Crippen molar-refractivity contribution in [2.75, 3.05) is 32.7 Å². The molecule has 1 aliphatic heterocycles. The van der Waals surface area contributed by atoms with Crippen molar-refractivity contribution in [3.63, 3.8) is 0 Å². The molecule has 0 aliphatic carbocycles. The number of nitrogens with one attached hydrogen (secondary N) is 1. The van der Waals surface area contributed by atoms with Crippen molar-refractivity contribution in [2.24, 2.45) is 0 Å². The monoisotopic (exact) mass is 238 g/mol. The Morgan fingerprint density at radius 3 is 2.81 bits per heavy atom. The van der Waals surface area contributed by atoms with Gasteiger partial charge >= 0.3 is 0 Å². The number of rotatable bonds is 6. The minimum atomic E-state index is 1.12. The molecule has 1 aliphatic rings. The summed E-state index contributed by atoms with van der Waals surface area (Å²) in [5.41, 5.74) is 1.47. The predicted molar refractivity (Wildman–Crippen MR) is 71.2 cm³/mol. The van der Waals surface area contributed by atoms with E-state index in [0.717, 1.165) is 13.1 Å². The lowest BCUT2D eigenvalue weighted by atomic mass is 10.1. The van der Waals surface area contributed by atoms with Crippen molar-refractivity contribution in [1.82, 2.24) is 10.2 Å². The van der Waals surface area contributed by atoms with Crippen LogP contribution in [0, 0.1) is 0 Å². The van der Waals surface area contributed by atoms with E-state index < -0.39 is 0 Å². The average molecular weight is 238 g/mol. The van der Waals surface area contributed by atoms with E-state index in [2.05, 4.69) is 27.0 Å². The number of piperidine rings is 1. The zero-order valence-corrected chi connectivity index (χ0v) is 10.8. The maximum atomic E-state index is 3.53. The van der Waals surface area contributed by atoms with Gasteiger partial charge in [0.15, 0.2) is 0 Å². The van der Waals surface area contributed by atoms with Crippen LogP contribution in [0.2, 0.25) is 0 Å². The third-order valence-electron chi connectivity index (χ3n) is 3.22. The zero-order valence-electron chi connectivity index (χ0n) is 9.95. The lowest BCUT2D eigenvalue weighted by molar-refractivity contribution is 0.229. The summed E-state index contributed by atoms with van der Waals surface area (Å²) < 4.78 is 0. The second-order valence-electron chi connectivity index (χ2n) is 4.53. The molecule has 0 spiro atoms. The fourth-order valence-electron chi connectivity index (χ4n) is 2.21. The first-order chi connectivity index (χ1) is 7.95. The van der Waals surface area contributed by atoms with Crippen molar-refractivity contribution in [3.05, 3.63) is 22.4 Å². The van der Waals surface area contributed by atoms with Gasteiger partial charge in [0.05, 0.1) is 0 Å². The highest BCUT2D eigenvalue weighted by molar-refractivity contribution is 7.07. The molecule has 1 aromatic rings. The summed E-state index contributed by atoms with van der Waals surface area (Å²) in [7, 11) is 0. The summed E-state index contributed by atoms with van der Waals surface area (Å²) in [5, 5.41) is 7.93. The van der Waals surface area contributed by atoms with Gasteiger partial charge in [0.1, 0.15) is 0 Å². The van der Waals surface area contributed by atoms with E-state index >= 15 is 0 Å². The van der Waals surface area contributed by atoms with Gasteiger partial charge < -0.3 is 10.2 Å². The van der Waals surface area contributed by atoms with Crippen LogP contribution in [0.5, 0.6) is 0 Å². The van der Waals surface area contributed by atoms with Gasteiger partial charge in [-0.15, -0.1) is 0 Å². The summed E-state index contributed by atoms with van der Waals surface area (Å²) in [6.07, 6.45) is 5.40. The van der Waals surface area contributed by atoms with E-state index in [9.17, 15) is 0 Å². The fourth-order valence-corrected chi connectivity index (χ4v) is 2.92. The van der Waals surface area contributed by atoms with Crippen LogP contribution in [0.4, 0.5) is 0 Å². The second kappa shape index (κ2) is 7.05. The Hall–Kier alpha value is -0.380. The average Bonchev–Trinajstić information content (AvgIpc) is 2.83. The predicted octanol–water partition coefficient (Wildman–Crippen LogP) is 2.37. The van der Waals surface area contributed by atoms with Crippen LogP contribution < -0.4 is 5.32 Å². The number of nitrogens with zero attached hydrogens (tertiary/aromatic N) is 1. The third kappa shape index (κ3) is 4.24. The van der Waals surface area contributed by atoms with Crippen molar-refractivity contribution in [1.29, 1.82) is 0 Å². The standard InChI is InChI=1S/C13H22N2S/c1-2-8-15(9-3-1)10-7-14-6-4-13-5-11-16-12-13/h5,11-12,14H,1-4,6-10H2. The molecule has 1 N–H and O–H groups in total. The van der Waals surface area contributed by atoms with Crippen LogP contribution in [-0.4, -0.2) is 37.6 Å². The van der Waals surface area contributed by atoms with E-state index in [0.29, 0.717) is 0 Å². The minimum Gasteiger partial charge on any atom is -0.315 e. The van der Waals surface area contributed by atoms with Crippen LogP contribution >= 0.6 is 11.3 Å². The van der Waals surface area contributed by atoms with Gasteiger partial charge in [0.25, 0.3) is 0 Å². The van der Waals surface area contributed by atoms with E-state index in [1.54, 1.807) is 11.3 Å².